The van der Waals surface area contributed by atoms with Crippen LogP contribution < -0.4 is 19.8 Å². The molecule has 0 atom stereocenters. The lowest BCUT2D eigenvalue weighted by Crippen LogP contribution is -2.35. The van der Waals surface area contributed by atoms with E-state index in [1.54, 1.807) is 30.6 Å². The summed E-state index contributed by atoms with van der Waals surface area (Å²) in [7, 11) is -2.62. The Labute approximate surface area is 202 Å². The zero-order valence-electron chi connectivity index (χ0n) is 18.4. The number of hydroxylamine groups is 1. The molecular weight excluding hydrogens is 510 g/mol. The molecule has 0 unspecified atom stereocenters. The van der Waals surface area contributed by atoms with Crippen LogP contribution >= 0.6 is 15.9 Å². The molecule has 3 N–H and O–H groups in total. The van der Waals surface area contributed by atoms with Gasteiger partial charge in [-0.25, -0.2) is 13.9 Å². The molecule has 33 heavy (non-hydrogen) atoms. The monoisotopic (exact) mass is 535 g/mol. The third-order valence-electron chi connectivity index (χ3n) is 5.43. The Balaban J connectivity index is 1.70. The van der Waals surface area contributed by atoms with Crippen LogP contribution in [-0.4, -0.2) is 45.8 Å². The van der Waals surface area contributed by atoms with Gasteiger partial charge in [0.15, 0.2) is 0 Å². The number of hydrogen-bond donors (Lipinski definition) is 3. The molecule has 1 fully saturated rings. The largest absolute Gasteiger partial charge is 0.481 e. The molecule has 1 amide bonds. The second kappa shape index (κ2) is 11.0. The van der Waals surface area contributed by atoms with E-state index in [1.165, 1.54) is 44.5 Å². The quantitative estimate of drug-likeness (QED) is 0.272. The molecule has 0 spiro atoms. The molecule has 8 nitrogen and oxygen atoms in total. The fraction of sp³-hybridized carbons (Fsp3) is 0.348. The molecule has 1 aliphatic carbocycles. The highest BCUT2D eigenvalue weighted by atomic mass is 79.9. The maximum absolute atomic E-state index is 13.2. The third kappa shape index (κ3) is 6.06. The summed E-state index contributed by atoms with van der Waals surface area (Å²) in [6.07, 6.45) is 3.69. The van der Waals surface area contributed by atoms with Gasteiger partial charge in [-0.05, 0) is 61.7 Å². The van der Waals surface area contributed by atoms with Crippen molar-refractivity contribution in [1.82, 2.24) is 10.8 Å². The zero-order valence-corrected chi connectivity index (χ0v) is 20.8. The van der Waals surface area contributed by atoms with Gasteiger partial charge in [-0.2, -0.15) is 0 Å². The number of amides is 1. The molecule has 0 aliphatic heterocycles. The lowest BCUT2D eigenvalue weighted by molar-refractivity contribution is 0.0707. The van der Waals surface area contributed by atoms with Gasteiger partial charge in [0.05, 0.1) is 22.7 Å². The van der Waals surface area contributed by atoms with Crippen molar-refractivity contribution in [3.8, 4) is 17.6 Å². The fourth-order valence-electron chi connectivity index (χ4n) is 3.41. The Morgan fingerprint density at radius 1 is 1.24 bits per heavy atom. The number of sulfonamides is 1. The van der Waals surface area contributed by atoms with Gasteiger partial charge in [0.1, 0.15) is 12.4 Å². The van der Waals surface area contributed by atoms with Crippen LogP contribution in [0.1, 0.15) is 35.2 Å². The van der Waals surface area contributed by atoms with Crippen molar-refractivity contribution in [2.75, 3.05) is 24.5 Å². The van der Waals surface area contributed by atoms with Crippen LogP contribution in [0.3, 0.4) is 0 Å². The summed E-state index contributed by atoms with van der Waals surface area (Å²) in [5.74, 6) is 5.62. The summed E-state index contributed by atoms with van der Waals surface area (Å²) in [4.78, 5) is 12.2. The first-order chi connectivity index (χ1) is 15.7. The van der Waals surface area contributed by atoms with E-state index in [0.29, 0.717) is 28.4 Å². The van der Waals surface area contributed by atoms with Crippen LogP contribution in [0.15, 0.2) is 45.8 Å². The number of rotatable bonds is 8. The number of hydrogen-bond acceptors (Lipinski definition) is 6. The maximum atomic E-state index is 13.2. The molecule has 1 aliphatic rings. The van der Waals surface area contributed by atoms with E-state index in [1.807, 2.05) is 0 Å². The van der Waals surface area contributed by atoms with E-state index < -0.39 is 15.9 Å². The number of nitrogens with zero attached hydrogens (tertiary/aromatic N) is 1. The van der Waals surface area contributed by atoms with E-state index in [9.17, 15) is 13.2 Å². The van der Waals surface area contributed by atoms with Crippen LogP contribution in [0.5, 0.6) is 5.75 Å². The molecule has 0 saturated heterocycles. The van der Waals surface area contributed by atoms with Crippen molar-refractivity contribution in [1.29, 1.82) is 0 Å². The predicted molar refractivity (Wildman–Crippen MR) is 129 cm³/mol. The summed E-state index contributed by atoms with van der Waals surface area (Å²) in [6.45, 7) is 2.51. The minimum Gasteiger partial charge on any atom is -0.481 e. The Morgan fingerprint density at radius 3 is 2.55 bits per heavy atom. The summed E-state index contributed by atoms with van der Waals surface area (Å²) in [5.41, 5.74) is 2.28. The molecule has 1 saturated carbocycles. The summed E-state index contributed by atoms with van der Waals surface area (Å²) in [5, 5.41) is 12.4. The fourth-order valence-corrected chi connectivity index (χ4v) is 5.26. The summed E-state index contributed by atoms with van der Waals surface area (Å²) >= 11 is 3.29. The Hall–Kier alpha value is -2.58. The zero-order chi connectivity index (χ0) is 24.0. The maximum Gasteiger partial charge on any atom is 0.276 e. The number of ether oxygens (including phenoxy) is 1. The highest BCUT2D eigenvalue weighted by Gasteiger charge is 2.27. The number of aryl methyl sites for hydroxylation is 1. The normalized spacial score (nSPS) is 13.5. The smallest absolute Gasteiger partial charge is 0.276 e. The highest BCUT2D eigenvalue weighted by Crippen LogP contribution is 2.32. The molecule has 176 valence electrons. The van der Waals surface area contributed by atoms with Gasteiger partial charge >= 0.3 is 0 Å². The minimum absolute atomic E-state index is 0.0146. The minimum atomic E-state index is -3.98. The first-order valence-corrected chi connectivity index (χ1v) is 12.6. The van der Waals surface area contributed by atoms with Crippen LogP contribution in [0.4, 0.5) is 5.69 Å². The average Bonchev–Trinajstić information content (AvgIpc) is 2.76. The van der Waals surface area contributed by atoms with Crippen molar-refractivity contribution in [2.45, 2.75) is 37.1 Å². The SMILES string of the molecule is Cc1cc(Br)cc(C(=O)NO)c1N(C)S(=O)(=O)c1ccc(OCC#CCNC2CCC2)cc1. The number of carbonyl (C=O) groups excluding carboxylic acids is 1. The van der Waals surface area contributed by atoms with Crippen molar-refractivity contribution in [3.63, 3.8) is 0 Å². The summed E-state index contributed by atoms with van der Waals surface area (Å²) in [6, 6.07) is 9.72. The van der Waals surface area contributed by atoms with E-state index >= 15 is 0 Å². The van der Waals surface area contributed by atoms with Crippen molar-refractivity contribution in [3.05, 3.63) is 52.0 Å². The predicted octanol–water partition coefficient (Wildman–Crippen LogP) is 3.23. The third-order valence-corrected chi connectivity index (χ3v) is 7.66. The molecule has 0 aromatic heterocycles. The van der Waals surface area contributed by atoms with Gasteiger partial charge in [0.25, 0.3) is 15.9 Å². The van der Waals surface area contributed by atoms with Gasteiger partial charge in [-0.1, -0.05) is 34.2 Å². The number of carbonyl (C=O) groups is 1. The second-order valence-corrected chi connectivity index (χ2v) is 10.5. The molecule has 2 aromatic rings. The van der Waals surface area contributed by atoms with E-state index in [-0.39, 0.29) is 22.8 Å². The first-order valence-electron chi connectivity index (χ1n) is 10.4. The van der Waals surface area contributed by atoms with Crippen LogP contribution in [0.25, 0.3) is 0 Å². The topological polar surface area (TPSA) is 108 Å². The molecule has 10 heteroatoms. The molecular formula is C23H26BrN3O5S. The standard InChI is InChI=1S/C23H26BrN3O5S/c1-16-14-17(24)15-21(23(28)26-29)22(16)27(2)33(30,31)20-10-8-19(9-11-20)32-13-4-3-12-25-18-6-5-7-18/h8-11,14-15,18,25,29H,5-7,12-13H2,1-2H3,(H,26,28). The van der Waals surface area contributed by atoms with Gasteiger partial charge in [0, 0.05) is 17.6 Å². The lowest BCUT2D eigenvalue weighted by atomic mass is 9.93. The van der Waals surface area contributed by atoms with Gasteiger partial charge in [-0.3, -0.25) is 14.3 Å². The second-order valence-electron chi connectivity index (χ2n) is 7.65. The molecule has 3 rings (SSSR count). The Bertz CT molecular complexity index is 1170. The van der Waals surface area contributed by atoms with Crippen molar-refractivity contribution in [2.24, 2.45) is 0 Å². The summed E-state index contributed by atoms with van der Waals surface area (Å²) < 4.78 is 33.6. The van der Waals surface area contributed by atoms with E-state index in [2.05, 4.69) is 33.1 Å². The number of benzene rings is 2. The molecule has 0 radical (unpaired) electrons. The number of halogens is 1. The average molecular weight is 536 g/mol. The molecule has 0 heterocycles. The van der Waals surface area contributed by atoms with Gasteiger partial charge in [0.2, 0.25) is 0 Å². The highest BCUT2D eigenvalue weighted by molar-refractivity contribution is 9.10. The first kappa shape index (κ1) is 25.1. The van der Waals surface area contributed by atoms with E-state index in [4.69, 9.17) is 9.94 Å². The van der Waals surface area contributed by atoms with Crippen LogP contribution in [0, 0.1) is 18.8 Å². The Morgan fingerprint density at radius 2 is 1.94 bits per heavy atom. The van der Waals surface area contributed by atoms with Gasteiger partial charge < -0.3 is 10.1 Å². The lowest BCUT2D eigenvalue weighted by Gasteiger charge is -2.25. The molecule has 2 aromatic carbocycles. The number of nitrogens with one attached hydrogen (secondary N) is 2. The van der Waals surface area contributed by atoms with Crippen LogP contribution in [-0.2, 0) is 10.0 Å². The van der Waals surface area contributed by atoms with Gasteiger partial charge in [-0.15, -0.1) is 0 Å². The number of anilines is 1. The van der Waals surface area contributed by atoms with Crippen LogP contribution in [0.2, 0.25) is 0 Å². The van der Waals surface area contributed by atoms with Crippen molar-refractivity contribution < 1.29 is 23.2 Å². The van der Waals surface area contributed by atoms with E-state index in [0.717, 1.165) is 4.31 Å². The van der Waals surface area contributed by atoms with Crippen molar-refractivity contribution >= 4 is 37.5 Å². The Kier molecular flexibility index (Phi) is 8.37. The molecule has 0 bridgehead atoms.